The zero-order valence-electron chi connectivity index (χ0n) is 16.6. The Morgan fingerprint density at radius 2 is 1.39 bits per heavy atom. The normalized spacial score (nSPS) is 10.9. The van der Waals surface area contributed by atoms with Gasteiger partial charge in [0.25, 0.3) is 11.8 Å². The molecule has 1 aromatic heterocycles. The lowest BCUT2D eigenvalue weighted by molar-refractivity contribution is 0.0944. The van der Waals surface area contributed by atoms with Gasteiger partial charge in [-0.15, -0.1) is 0 Å². The van der Waals surface area contributed by atoms with Gasteiger partial charge in [-0.2, -0.15) is 5.10 Å². The van der Waals surface area contributed by atoms with Crippen molar-refractivity contribution < 1.29 is 9.59 Å². The first kappa shape index (κ1) is 21.4. The molecule has 0 aliphatic rings. The van der Waals surface area contributed by atoms with E-state index in [0.29, 0.717) is 17.9 Å². The van der Waals surface area contributed by atoms with Crippen molar-refractivity contribution in [1.82, 2.24) is 26.0 Å². The Bertz CT molecular complexity index is 1070. The maximum absolute atomic E-state index is 12.4. The highest BCUT2D eigenvalue weighted by Crippen LogP contribution is 2.06. The molecule has 10 nitrogen and oxygen atoms in total. The smallest absolute Gasteiger partial charge is 0.270 e. The zero-order valence-corrected chi connectivity index (χ0v) is 16.6. The van der Waals surface area contributed by atoms with E-state index < -0.39 is 5.91 Å². The lowest BCUT2D eigenvalue weighted by Crippen LogP contribution is -2.32. The Morgan fingerprint density at radius 1 is 0.839 bits per heavy atom. The molecule has 158 valence electrons. The van der Waals surface area contributed by atoms with Crippen LogP contribution in [0.25, 0.3) is 0 Å². The highest BCUT2D eigenvalue weighted by Gasteiger charge is 2.13. The fourth-order valence-corrected chi connectivity index (χ4v) is 2.72. The number of carbonyl (C=O) groups excluding carboxylic acids is 2. The summed E-state index contributed by atoms with van der Waals surface area (Å²) in [5, 5.41) is 9.07. The number of carbonyl (C=O) groups is 2. The number of aromatic nitrogens is 2. The van der Waals surface area contributed by atoms with Gasteiger partial charge in [-0.25, -0.2) is 15.8 Å². The van der Waals surface area contributed by atoms with Crippen LogP contribution in [0, 0.1) is 0 Å². The fourth-order valence-electron chi connectivity index (χ4n) is 2.72. The van der Waals surface area contributed by atoms with Gasteiger partial charge in [0, 0.05) is 24.7 Å². The Kier molecular flexibility index (Phi) is 7.22. The van der Waals surface area contributed by atoms with Crippen LogP contribution in [0.5, 0.6) is 0 Å². The van der Waals surface area contributed by atoms with E-state index in [0.717, 1.165) is 11.1 Å². The fraction of sp³-hybridized carbons (Fsp3) is 0.0952. The third-order valence-corrected chi connectivity index (χ3v) is 4.37. The van der Waals surface area contributed by atoms with E-state index in [-0.39, 0.29) is 23.8 Å². The zero-order chi connectivity index (χ0) is 22.1. The van der Waals surface area contributed by atoms with Crippen LogP contribution in [0.1, 0.15) is 37.7 Å². The molecule has 3 aromatic rings. The predicted molar refractivity (Wildman–Crippen MR) is 115 cm³/mol. The van der Waals surface area contributed by atoms with Crippen LogP contribution in [-0.4, -0.2) is 27.6 Å². The first-order valence-corrected chi connectivity index (χ1v) is 9.37. The first-order valence-electron chi connectivity index (χ1n) is 9.37. The van der Waals surface area contributed by atoms with E-state index in [9.17, 15) is 9.59 Å². The molecule has 0 bridgehead atoms. The molecule has 0 saturated heterocycles. The minimum atomic E-state index is -0.420. The van der Waals surface area contributed by atoms with Gasteiger partial charge >= 0.3 is 0 Å². The van der Waals surface area contributed by atoms with Crippen LogP contribution >= 0.6 is 0 Å². The van der Waals surface area contributed by atoms with E-state index in [1.54, 1.807) is 24.3 Å². The lowest BCUT2D eigenvalue weighted by atomic mass is 10.1. The number of hydrogen-bond acceptors (Lipinski definition) is 7. The molecule has 0 radical (unpaired) electrons. The Balaban J connectivity index is 1.57. The first-order chi connectivity index (χ1) is 15.1. The van der Waals surface area contributed by atoms with Gasteiger partial charge in [-0.3, -0.25) is 9.59 Å². The van der Waals surface area contributed by atoms with Gasteiger partial charge in [0.15, 0.2) is 5.84 Å². The van der Waals surface area contributed by atoms with Crippen molar-refractivity contribution in [3.63, 3.8) is 0 Å². The van der Waals surface area contributed by atoms with Gasteiger partial charge in [0.1, 0.15) is 17.7 Å². The molecule has 0 aliphatic heterocycles. The molecule has 2 amide bonds. The Labute approximate surface area is 178 Å². The van der Waals surface area contributed by atoms with Crippen molar-refractivity contribution in [2.75, 3.05) is 0 Å². The largest absolute Gasteiger partial charge is 0.347 e. The molecule has 0 aliphatic carbocycles. The summed E-state index contributed by atoms with van der Waals surface area (Å²) in [6.07, 6.45) is 1.19. The average Bonchev–Trinajstić information content (AvgIpc) is 2.83. The molecule has 10 heteroatoms. The average molecular weight is 418 g/mol. The van der Waals surface area contributed by atoms with Gasteiger partial charge < -0.3 is 21.9 Å². The molecule has 0 atom stereocenters. The van der Waals surface area contributed by atoms with Crippen molar-refractivity contribution >= 4 is 17.6 Å². The minimum Gasteiger partial charge on any atom is -0.347 e. The van der Waals surface area contributed by atoms with Gasteiger partial charge in [0.05, 0.1) is 0 Å². The summed E-state index contributed by atoms with van der Waals surface area (Å²) in [6.45, 7) is 0.626. The summed E-state index contributed by atoms with van der Waals surface area (Å²) < 4.78 is 0. The molecule has 7 N–H and O–H groups in total. The number of hydrazine groups is 1. The molecule has 1 heterocycles. The molecule has 2 aromatic carbocycles. The summed E-state index contributed by atoms with van der Waals surface area (Å²) in [4.78, 5) is 32.7. The van der Waals surface area contributed by atoms with Crippen LogP contribution in [0.2, 0.25) is 0 Å². The van der Waals surface area contributed by atoms with Crippen LogP contribution in [0.3, 0.4) is 0 Å². The van der Waals surface area contributed by atoms with E-state index in [1.807, 2.05) is 30.3 Å². The molecular formula is C21H22N8O2. The number of amidine groups is 1. The second kappa shape index (κ2) is 10.5. The number of benzene rings is 2. The minimum absolute atomic E-state index is 0.0985. The summed E-state index contributed by atoms with van der Waals surface area (Å²) in [5.41, 5.74) is 5.13. The number of rotatable bonds is 7. The Hall–Kier alpha value is -4.31. The van der Waals surface area contributed by atoms with Crippen molar-refractivity contribution in [1.29, 1.82) is 0 Å². The quantitative estimate of drug-likeness (QED) is 0.161. The third kappa shape index (κ3) is 5.84. The van der Waals surface area contributed by atoms with Crippen LogP contribution in [0.4, 0.5) is 0 Å². The van der Waals surface area contributed by atoms with Crippen molar-refractivity contribution in [2.45, 2.75) is 13.1 Å². The van der Waals surface area contributed by atoms with E-state index >= 15 is 0 Å². The molecular weight excluding hydrogens is 396 g/mol. The predicted octanol–water partition coefficient (Wildman–Crippen LogP) is 0.420. The van der Waals surface area contributed by atoms with Gasteiger partial charge in [-0.1, -0.05) is 54.6 Å². The standard InChI is InChI=1S/C21H22N8O2/c22-28-19(29-23)16-8-6-15(7-9-16)12-25-21(31)18-10-17(26-13-27-18)20(30)24-11-14-4-2-1-3-5-14/h1-10,13H,11-12,22-23H2,(H,24,30)(H,25,31)(H,28,29). The van der Waals surface area contributed by atoms with Crippen LogP contribution < -0.4 is 27.7 Å². The highest BCUT2D eigenvalue weighted by molar-refractivity contribution is 5.98. The molecule has 0 unspecified atom stereocenters. The summed E-state index contributed by atoms with van der Waals surface area (Å²) in [5.74, 6) is 10.1. The molecule has 3 rings (SSSR count). The van der Waals surface area contributed by atoms with Crippen molar-refractivity contribution in [3.05, 3.63) is 95.1 Å². The molecule has 0 spiro atoms. The summed E-state index contributed by atoms with van der Waals surface area (Å²) >= 11 is 0. The number of amides is 2. The maximum atomic E-state index is 12.4. The van der Waals surface area contributed by atoms with Crippen LogP contribution in [0.15, 0.2) is 72.1 Å². The number of hydrazone groups is 1. The number of nitrogens with zero attached hydrogens (tertiary/aromatic N) is 3. The lowest BCUT2D eigenvalue weighted by Gasteiger charge is -2.08. The van der Waals surface area contributed by atoms with E-state index in [1.165, 1.54) is 12.4 Å². The monoisotopic (exact) mass is 418 g/mol. The second-order valence-electron chi connectivity index (χ2n) is 6.46. The number of hydrogen-bond donors (Lipinski definition) is 5. The van der Waals surface area contributed by atoms with Crippen LogP contribution in [-0.2, 0) is 13.1 Å². The number of nitrogens with one attached hydrogen (secondary N) is 3. The topological polar surface area (TPSA) is 160 Å². The third-order valence-electron chi connectivity index (χ3n) is 4.37. The van der Waals surface area contributed by atoms with E-state index in [4.69, 9.17) is 11.7 Å². The number of nitrogens with two attached hydrogens (primary N) is 2. The SMILES string of the molecule is N/N=C(\NN)c1ccc(CNC(=O)c2cc(C(=O)NCc3ccccc3)ncn2)cc1. The van der Waals surface area contributed by atoms with E-state index in [2.05, 4.69) is 31.1 Å². The molecule has 0 fully saturated rings. The second-order valence-corrected chi connectivity index (χ2v) is 6.46. The van der Waals surface area contributed by atoms with Crippen molar-refractivity contribution in [3.8, 4) is 0 Å². The maximum Gasteiger partial charge on any atom is 0.270 e. The Morgan fingerprint density at radius 3 is 1.90 bits per heavy atom. The summed E-state index contributed by atoms with van der Waals surface area (Å²) in [7, 11) is 0. The van der Waals surface area contributed by atoms with Gasteiger partial charge in [0.2, 0.25) is 0 Å². The molecule has 0 saturated carbocycles. The molecule has 31 heavy (non-hydrogen) atoms. The summed E-state index contributed by atoms with van der Waals surface area (Å²) in [6, 6.07) is 18.0. The highest BCUT2D eigenvalue weighted by atomic mass is 16.2. The van der Waals surface area contributed by atoms with Crippen molar-refractivity contribution in [2.24, 2.45) is 16.8 Å². The van der Waals surface area contributed by atoms with Gasteiger partial charge in [-0.05, 0) is 11.1 Å².